The van der Waals surface area contributed by atoms with Gasteiger partial charge in [-0.3, -0.25) is 0 Å². The quantitative estimate of drug-likeness (QED) is 0.745. The SMILES string of the molecule is CCOc1ncnc(CC(Cl)C(C)C)c1C. The summed E-state index contributed by atoms with van der Waals surface area (Å²) in [4.78, 5) is 8.37. The second-order valence-corrected chi connectivity index (χ2v) is 4.71. The highest BCUT2D eigenvalue weighted by atomic mass is 35.5. The van der Waals surface area contributed by atoms with Crippen molar-refractivity contribution in [1.29, 1.82) is 0 Å². The molecule has 0 fully saturated rings. The Morgan fingerprint density at radius 2 is 2.06 bits per heavy atom. The second kappa shape index (κ2) is 6.04. The molecule has 1 rings (SSSR count). The minimum Gasteiger partial charge on any atom is -0.478 e. The summed E-state index contributed by atoms with van der Waals surface area (Å²) in [7, 11) is 0. The number of hydrogen-bond donors (Lipinski definition) is 0. The molecular formula is C12H19ClN2O. The zero-order valence-electron chi connectivity index (χ0n) is 10.3. The molecule has 0 aliphatic rings. The van der Waals surface area contributed by atoms with Crippen molar-refractivity contribution >= 4 is 11.6 Å². The molecule has 0 saturated heterocycles. The predicted molar refractivity (Wildman–Crippen MR) is 66.1 cm³/mol. The van der Waals surface area contributed by atoms with Crippen LogP contribution in [0.2, 0.25) is 0 Å². The number of aromatic nitrogens is 2. The van der Waals surface area contributed by atoms with Crippen molar-refractivity contribution in [2.75, 3.05) is 6.61 Å². The predicted octanol–water partition coefficient (Wildman–Crippen LogP) is 2.99. The van der Waals surface area contributed by atoms with Crippen molar-refractivity contribution in [3.05, 3.63) is 17.6 Å². The third-order valence-electron chi connectivity index (χ3n) is 2.54. The van der Waals surface area contributed by atoms with Gasteiger partial charge in [0.15, 0.2) is 0 Å². The van der Waals surface area contributed by atoms with Gasteiger partial charge in [0.25, 0.3) is 0 Å². The first kappa shape index (κ1) is 13.2. The summed E-state index contributed by atoms with van der Waals surface area (Å²) < 4.78 is 5.43. The van der Waals surface area contributed by atoms with Crippen LogP contribution >= 0.6 is 11.6 Å². The van der Waals surface area contributed by atoms with Crippen LogP contribution in [0.1, 0.15) is 32.0 Å². The van der Waals surface area contributed by atoms with Crippen LogP contribution in [0.5, 0.6) is 5.88 Å². The van der Waals surface area contributed by atoms with E-state index in [1.165, 1.54) is 6.33 Å². The fourth-order valence-corrected chi connectivity index (χ4v) is 1.52. The van der Waals surface area contributed by atoms with Crippen molar-refractivity contribution in [1.82, 2.24) is 9.97 Å². The Kier molecular flexibility index (Phi) is 5.00. The summed E-state index contributed by atoms with van der Waals surface area (Å²) >= 11 is 6.25. The molecular weight excluding hydrogens is 224 g/mol. The van der Waals surface area contributed by atoms with Crippen LogP contribution in [0.15, 0.2) is 6.33 Å². The zero-order chi connectivity index (χ0) is 12.1. The molecule has 1 atom stereocenters. The first-order valence-electron chi connectivity index (χ1n) is 5.63. The van der Waals surface area contributed by atoms with Crippen molar-refractivity contribution in [2.45, 2.75) is 39.5 Å². The molecule has 0 spiro atoms. The lowest BCUT2D eigenvalue weighted by Crippen LogP contribution is -2.14. The molecule has 16 heavy (non-hydrogen) atoms. The Morgan fingerprint density at radius 1 is 1.38 bits per heavy atom. The lowest BCUT2D eigenvalue weighted by molar-refractivity contribution is 0.322. The van der Waals surface area contributed by atoms with Crippen LogP contribution < -0.4 is 4.74 Å². The summed E-state index contributed by atoms with van der Waals surface area (Å²) in [5, 5.41) is 0.100. The third-order valence-corrected chi connectivity index (χ3v) is 3.19. The number of nitrogens with zero attached hydrogens (tertiary/aromatic N) is 2. The lowest BCUT2D eigenvalue weighted by atomic mass is 10.0. The monoisotopic (exact) mass is 242 g/mol. The lowest BCUT2D eigenvalue weighted by Gasteiger charge is -2.15. The Morgan fingerprint density at radius 3 is 2.62 bits per heavy atom. The van der Waals surface area contributed by atoms with Gasteiger partial charge in [0.1, 0.15) is 6.33 Å². The average Bonchev–Trinajstić information content (AvgIpc) is 2.24. The van der Waals surface area contributed by atoms with Crippen molar-refractivity contribution in [2.24, 2.45) is 5.92 Å². The van der Waals surface area contributed by atoms with Gasteiger partial charge in [-0.15, -0.1) is 11.6 Å². The highest BCUT2D eigenvalue weighted by molar-refractivity contribution is 6.20. The van der Waals surface area contributed by atoms with Crippen molar-refractivity contribution in [3.63, 3.8) is 0 Å². The molecule has 90 valence electrons. The molecule has 0 N–H and O–H groups in total. The minimum atomic E-state index is 0.100. The summed E-state index contributed by atoms with van der Waals surface area (Å²) in [6.07, 6.45) is 2.30. The van der Waals surface area contributed by atoms with Gasteiger partial charge in [0.2, 0.25) is 5.88 Å². The van der Waals surface area contributed by atoms with Crippen LogP contribution in [-0.2, 0) is 6.42 Å². The molecule has 1 unspecified atom stereocenters. The van der Waals surface area contributed by atoms with Gasteiger partial charge in [-0.1, -0.05) is 13.8 Å². The molecule has 0 aliphatic carbocycles. The first-order valence-corrected chi connectivity index (χ1v) is 6.07. The molecule has 0 bridgehead atoms. The van der Waals surface area contributed by atoms with Crippen LogP contribution in [0, 0.1) is 12.8 Å². The topological polar surface area (TPSA) is 35.0 Å². The molecule has 0 aromatic carbocycles. The van der Waals surface area contributed by atoms with Gasteiger partial charge in [-0.05, 0) is 19.8 Å². The van der Waals surface area contributed by atoms with Gasteiger partial charge < -0.3 is 4.74 Å². The number of ether oxygens (including phenoxy) is 1. The Hall–Kier alpha value is -0.830. The summed E-state index contributed by atoms with van der Waals surface area (Å²) in [6.45, 7) is 8.75. The van der Waals surface area contributed by atoms with Crippen LogP contribution in [0.4, 0.5) is 0 Å². The smallest absolute Gasteiger partial charge is 0.219 e. The maximum Gasteiger partial charge on any atom is 0.219 e. The van der Waals surface area contributed by atoms with E-state index in [9.17, 15) is 0 Å². The molecule has 1 aromatic heterocycles. The van der Waals surface area contributed by atoms with E-state index in [2.05, 4.69) is 23.8 Å². The second-order valence-electron chi connectivity index (χ2n) is 4.15. The van der Waals surface area contributed by atoms with Crippen LogP contribution in [0.3, 0.4) is 0 Å². The molecule has 0 radical (unpaired) electrons. The Labute approximate surface area is 102 Å². The molecule has 3 nitrogen and oxygen atoms in total. The van der Waals surface area contributed by atoms with E-state index in [1.807, 2.05) is 13.8 Å². The fraction of sp³-hybridized carbons (Fsp3) is 0.667. The van der Waals surface area contributed by atoms with Gasteiger partial charge in [-0.25, -0.2) is 9.97 Å². The van der Waals surface area contributed by atoms with Gasteiger partial charge in [0, 0.05) is 17.4 Å². The number of rotatable bonds is 5. The van der Waals surface area contributed by atoms with E-state index in [1.54, 1.807) is 0 Å². The van der Waals surface area contributed by atoms with E-state index in [0.717, 1.165) is 17.7 Å². The number of hydrogen-bond acceptors (Lipinski definition) is 3. The minimum absolute atomic E-state index is 0.100. The largest absolute Gasteiger partial charge is 0.478 e. The standard InChI is InChI=1S/C12H19ClN2O/c1-5-16-12-9(4)11(14-7-15-12)6-10(13)8(2)3/h7-8,10H,5-6H2,1-4H3. The molecule has 0 amide bonds. The maximum atomic E-state index is 6.25. The molecule has 1 aromatic rings. The Bertz CT molecular complexity index is 342. The molecule has 1 heterocycles. The van der Waals surface area contributed by atoms with Crippen LogP contribution in [0.25, 0.3) is 0 Å². The Balaban J connectivity index is 2.84. The zero-order valence-corrected chi connectivity index (χ0v) is 11.1. The van der Waals surface area contributed by atoms with E-state index < -0.39 is 0 Å². The first-order chi connectivity index (χ1) is 7.56. The van der Waals surface area contributed by atoms with Gasteiger partial charge in [-0.2, -0.15) is 0 Å². The maximum absolute atomic E-state index is 6.25. The van der Waals surface area contributed by atoms with E-state index >= 15 is 0 Å². The fourth-order valence-electron chi connectivity index (χ4n) is 1.38. The van der Waals surface area contributed by atoms with Crippen molar-refractivity contribution in [3.8, 4) is 5.88 Å². The highest BCUT2D eigenvalue weighted by Crippen LogP contribution is 2.21. The van der Waals surface area contributed by atoms with Crippen LogP contribution in [-0.4, -0.2) is 22.0 Å². The number of alkyl halides is 1. The molecule has 0 saturated carbocycles. The number of halogens is 1. The van der Waals surface area contributed by atoms with Gasteiger partial charge in [0.05, 0.1) is 12.3 Å². The summed E-state index contributed by atoms with van der Waals surface area (Å²) in [5.41, 5.74) is 1.97. The molecule has 4 heteroatoms. The average molecular weight is 243 g/mol. The van der Waals surface area contributed by atoms with E-state index in [-0.39, 0.29) is 5.38 Å². The van der Waals surface area contributed by atoms with Gasteiger partial charge >= 0.3 is 0 Å². The summed E-state index contributed by atoms with van der Waals surface area (Å²) in [5.74, 6) is 1.10. The highest BCUT2D eigenvalue weighted by Gasteiger charge is 2.15. The normalized spacial score (nSPS) is 12.9. The van der Waals surface area contributed by atoms with Crippen molar-refractivity contribution < 1.29 is 4.74 Å². The molecule has 0 aliphatic heterocycles. The van der Waals surface area contributed by atoms with E-state index in [0.29, 0.717) is 18.4 Å². The third kappa shape index (κ3) is 3.34. The van der Waals surface area contributed by atoms with E-state index in [4.69, 9.17) is 16.3 Å². The summed E-state index contributed by atoms with van der Waals surface area (Å²) in [6, 6.07) is 0.